The van der Waals surface area contributed by atoms with Gasteiger partial charge in [-0.05, 0) is 37.3 Å². The van der Waals surface area contributed by atoms with Gasteiger partial charge >= 0.3 is 5.97 Å². The van der Waals surface area contributed by atoms with Crippen molar-refractivity contribution in [2.24, 2.45) is 5.10 Å². The van der Waals surface area contributed by atoms with Crippen LogP contribution in [0.4, 0.5) is 10.1 Å². The standard InChI is InChI=1S/C15H13FN2O2/c1-10(13-4-2-3-5-14(13)16)17-18-12-8-6-11(7-9-12)15(19)20/h2-9,18H,1H3,(H,19,20)/b17-10+. The average molecular weight is 272 g/mol. The van der Waals surface area contributed by atoms with Crippen molar-refractivity contribution >= 4 is 17.4 Å². The van der Waals surface area contributed by atoms with Crippen LogP contribution in [0.1, 0.15) is 22.8 Å². The second kappa shape index (κ2) is 5.97. The van der Waals surface area contributed by atoms with Crippen molar-refractivity contribution in [1.29, 1.82) is 0 Å². The van der Waals surface area contributed by atoms with Gasteiger partial charge in [-0.2, -0.15) is 5.10 Å². The minimum absolute atomic E-state index is 0.199. The van der Waals surface area contributed by atoms with Gasteiger partial charge in [-0.1, -0.05) is 18.2 Å². The second-order valence-corrected chi connectivity index (χ2v) is 4.17. The number of carbonyl (C=O) groups is 1. The molecular formula is C15H13FN2O2. The Bertz CT molecular complexity index is 651. The first-order chi connectivity index (χ1) is 9.58. The first-order valence-corrected chi connectivity index (χ1v) is 5.96. The van der Waals surface area contributed by atoms with Crippen molar-refractivity contribution in [3.05, 3.63) is 65.5 Å². The average Bonchev–Trinajstić information content (AvgIpc) is 2.45. The first kappa shape index (κ1) is 13.7. The van der Waals surface area contributed by atoms with Crippen LogP contribution in [-0.4, -0.2) is 16.8 Å². The van der Waals surface area contributed by atoms with Gasteiger partial charge in [-0.3, -0.25) is 5.43 Å². The number of halogens is 1. The van der Waals surface area contributed by atoms with Crippen LogP contribution in [0.15, 0.2) is 53.6 Å². The monoisotopic (exact) mass is 272 g/mol. The van der Waals surface area contributed by atoms with E-state index in [0.29, 0.717) is 17.0 Å². The van der Waals surface area contributed by atoms with Gasteiger partial charge in [-0.15, -0.1) is 0 Å². The van der Waals surface area contributed by atoms with Gasteiger partial charge in [0.15, 0.2) is 0 Å². The lowest BCUT2D eigenvalue weighted by atomic mass is 10.1. The van der Waals surface area contributed by atoms with E-state index in [1.165, 1.54) is 18.2 Å². The van der Waals surface area contributed by atoms with Crippen molar-refractivity contribution in [3.8, 4) is 0 Å². The van der Waals surface area contributed by atoms with Crippen LogP contribution < -0.4 is 5.43 Å². The number of carboxylic acids is 1. The summed E-state index contributed by atoms with van der Waals surface area (Å²) in [6.45, 7) is 1.69. The molecule has 0 unspecified atom stereocenters. The smallest absolute Gasteiger partial charge is 0.335 e. The summed E-state index contributed by atoms with van der Waals surface area (Å²) in [6, 6.07) is 12.5. The SMILES string of the molecule is C/C(=N\Nc1ccc(C(=O)O)cc1)c1ccccc1F. The van der Waals surface area contributed by atoms with E-state index in [2.05, 4.69) is 10.5 Å². The molecule has 0 aliphatic heterocycles. The highest BCUT2D eigenvalue weighted by Gasteiger charge is 2.04. The molecule has 0 atom stereocenters. The molecule has 0 radical (unpaired) electrons. The summed E-state index contributed by atoms with van der Waals surface area (Å²) in [4.78, 5) is 10.7. The predicted octanol–water partition coefficient (Wildman–Crippen LogP) is 3.36. The highest BCUT2D eigenvalue weighted by Crippen LogP contribution is 2.11. The number of hydrogen-bond acceptors (Lipinski definition) is 3. The second-order valence-electron chi connectivity index (χ2n) is 4.17. The molecule has 0 aromatic heterocycles. The number of aromatic carboxylic acids is 1. The molecule has 0 bridgehead atoms. The summed E-state index contributed by atoms with van der Waals surface area (Å²) in [5, 5.41) is 12.9. The third kappa shape index (κ3) is 3.20. The van der Waals surface area contributed by atoms with E-state index in [-0.39, 0.29) is 11.4 Å². The first-order valence-electron chi connectivity index (χ1n) is 5.96. The van der Waals surface area contributed by atoms with E-state index in [4.69, 9.17) is 5.11 Å². The van der Waals surface area contributed by atoms with Crippen molar-refractivity contribution in [3.63, 3.8) is 0 Å². The Kier molecular flexibility index (Phi) is 4.10. The van der Waals surface area contributed by atoms with Crippen molar-refractivity contribution in [2.45, 2.75) is 6.92 Å². The lowest BCUT2D eigenvalue weighted by Crippen LogP contribution is -2.02. The molecule has 5 heteroatoms. The molecule has 4 nitrogen and oxygen atoms in total. The number of hydrogen-bond donors (Lipinski definition) is 2. The third-order valence-corrected chi connectivity index (χ3v) is 2.75. The maximum absolute atomic E-state index is 13.5. The Labute approximate surface area is 115 Å². The summed E-state index contributed by atoms with van der Waals surface area (Å²) in [5.41, 5.74) is 4.52. The Morgan fingerprint density at radius 2 is 1.80 bits per heavy atom. The normalized spacial score (nSPS) is 11.2. The molecule has 0 fully saturated rings. The van der Waals surface area contributed by atoms with Crippen LogP contribution in [0, 0.1) is 5.82 Å². The molecule has 2 rings (SSSR count). The van der Waals surface area contributed by atoms with Crippen LogP contribution in [0.3, 0.4) is 0 Å². The van der Waals surface area contributed by atoms with Crippen LogP contribution >= 0.6 is 0 Å². The quantitative estimate of drug-likeness (QED) is 0.662. The molecule has 0 saturated heterocycles. The summed E-state index contributed by atoms with van der Waals surface area (Å²) < 4.78 is 13.5. The number of anilines is 1. The molecule has 2 aromatic carbocycles. The van der Waals surface area contributed by atoms with Gasteiger partial charge in [0.2, 0.25) is 0 Å². The van der Waals surface area contributed by atoms with Gasteiger partial charge in [0.1, 0.15) is 5.82 Å². The minimum Gasteiger partial charge on any atom is -0.478 e. The number of nitrogens with zero attached hydrogens (tertiary/aromatic N) is 1. The Balaban J connectivity index is 2.13. The molecular weight excluding hydrogens is 259 g/mol. The fourth-order valence-electron chi connectivity index (χ4n) is 1.65. The van der Waals surface area contributed by atoms with E-state index < -0.39 is 5.97 Å². The van der Waals surface area contributed by atoms with Crippen LogP contribution in [0.2, 0.25) is 0 Å². The minimum atomic E-state index is -0.984. The summed E-state index contributed by atoms with van der Waals surface area (Å²) in [5.74, 6) is -1.32. The third-order valence-electron chi connectivity index (χ3n) is 2.75. The number of hydrazone groups is 1. The number of carboxylic acid groups (broad SMARTS) is 1. The van der Waals surface area contributed by atoms with Crippen molar-refractivity contribution in [1.82, 2.24) is 0 Å². The van der Waals surface area contributed by atoms with Gasteiger partial charge in [0.05, 0.1) is 17.0 Å². The molecule has 0 aliphatic carbocycles. The van der Waals surface area contributed by atoms with E-state index in [1.54, 1.807) is 37.3 Å². The van der Waals surface area contributed by atoms with Gasteiger partial charge in [0.25, 0.3) is 0 Å². The van der Waals surface area contributed by atoms with Gasteiger partial charge in [0, 0.05) is 5.56 Å². The maximum Gasteiger partial charge on any atom is 0.335 e. The van der Waals surface area contributed by atoms with Crippen molar-refractivity contribution in [2.75, 3.05) is 5.43 Å². The van der Waals surface area contributed by atoms with Gasteiger partial charge < -0.3 is 5.11 Å². The van der Waals surface area contributed by atoms with Crippen molar-refractivity contribution < 1.29 is 14.3 Å². The predicted molar refractivity (Wildman–Crippen MR) is 75.6 cm³/mol. The highest BCUT2D eigenvalue weighted by atomic mass is 19.1. The van der Waals surface area contributed by atoms with Gasteiger partial charge in [-0.25, -0.2) is 9.18 Å². The summed E-state index contributed by atoms with van der Waals surface area (Å²) in [6.07, 6.45) is 0. The fourth-order valence-corrected chi connectivity index (χ4v) is 1.65. The Morgan fingerprint density at radius 1 is 1.15 bits per heavy atom. The molecule has 20 heavy (non-hydrogen) atoms. The fraction of sp³-hybridized carbons (Fsp3) is 0.0667. The van der Waals surface area contributed by atoms with E-state index in [9.17, 15) is 9.18 Å². The number of nitrogens with one attached hydrogen (secondary N) is 1. The largest absolute Gasteiger partial charge is 0.478 e. The van der Waals surface area contributed by atoms with E-state index in [0.717, 1.165) is 0 Å². The number of benzene rings is 2. The molecule has 0 amide bonds. The molecule has 2 N–H and O–H groups in total. The molecule has 102 valence electrons. The zero-order valence-electron chi connectivity index (χ0n) is 10.8. The Morgan fingerprint density at radius 3 is 2.40 bits per heavy atom. The molecule has 0 heterocycles. The van der Waals surface area contributed by atoms with E-state index in [1.807, 2.05) is 0 Å². The van der Waals surface area contributed by atoms with Crippen LogP contribution in [0.5, 0.6) is 0 Å². The zero-order chi connectivity index (χ0) is 14.5. The highest BCUT2D eigenvalue weighted by molar-refractivity contribution is 5.99. The lowest BCUT2D eigenvalue weighted by Gasteiger charge is -2.05. The van der Waals surface area contributed by atoms with Crippen LogP contribution in [-0.2, 0) is 0 Å². The maximum atomic E-state index is 13.5. The lowest BCUT2D eigenvalue weighted by molar-refractivity contribution is 0.0697. The molecule has 0 spiro atoms. The summed E-state index contributed by atoms with van der Waals surface area (Å²) >= 11 is 0. The topological polar surface area (TPSA) is 61.7 Å². The van der Waals surface area contributed by atoms with Crippen LogP contribution in [0.25, 0.3) is 0 Å². The summed E-state index contributed by atoms with van der Waals surface area (Å²) in [7, 11) is 0. The Hall–Kier alpha value is -2.69. The molecule has 0 saturated carbocycles. The van der Waals surface area contributed by atoms with E-state index >= 15 is 0 Å². The number of rotatable bonds is 4. The molecule has 0 aliphatic rings. The zero-order valence-corrected chi connectivity index (χ0v) is 10.8. The molecule has 2 aromatic rings.